The van der Waals surface area contributed by atoms with Crippen molar-refractivity contribution in [1.82, 2.24) is 4.98 Å². The molecule has 0 fully saturated rings. The lowest BCUT2D eigenvalue weighted by atomic mass is 10.1. The predicted molar refractivity (Wildman–Crippen MR) is 87.5 cm³/mol. The normalized spacial score (nSPS) is 10.5. The number of para-hydroxylation sites is 1. The maximum atomic E-state index is 12.6. The molecule has 0 bridgehead atoms. The van der Waals surface area contributed by atoms with Crippen molar-refractivity contribution >= 4 is 28.2 Å². The molecule has 114 valence electrons. The van der Waals surface area contributed by atoms with Crippen LogP contribution in [0.4, 0.5) is 11.4 Å². The Balaban J connectivity index is 1.99. The van der Waals surface area contributed by atoms with Gasteiger partial charge in [0.05, 0.1) is 27.3 Å². The first kappa shape index (κ1) is 14.6. The Hall–Kier alpha value is -3.28. The van der Waals surface area contributed by atoms with Crippen molar-refractivity contribution in [3.05, 3.63) is 76.0 Å². The van der Waals surface area contributed by atoms with E-state index in [9.17, 15) is 14.9 Å². The maximum absolute atomic E-state index is 12.6. The predicted octanol–water partition coefficient (Wildman–Crippen LogP) is 3.70. The number of fused-ring (bicyclic) bond motifs is 1. The monoisotopic (exact) mass is 307 g/mol. The number of benzene rings is 2. The van der Waals surface area contributed by atoms with Gasteiger partial charge in [-0.05, 0) is 25.1 Å². The van der Waals surface area contributed by atoms with Crippen LogP contribution in [0.15, 0.2) is 54.7 Å². The van der Waals surface area contributed by atoms with E-state index in [-0.39, 0.29) is 11.6 Å². The average Bonchev–Trinajstić information content (AvgIpc) is 2.56. The van der Waals surface area contributed by atoms with E-state index in [1.54, 1.807) is 31.3 Å². The van der Waals surface area contributed by atoms with E-state index in [4.69, 9.17) is 0 Å². The van der Waals surface area contributed by atoms with Crippen LogP contribution in [0.25, 0.3) is 10.9 Å². The first-order valence-corrected chi connectivity index (χ1v) is 6.97. The highest BCUT2D eigenvalue weighted by Gasteiger charge is 2.16. The van der Waals surface area contributed by atoms with E-state index in [0.29, 0.717) is 16.8 Å². The minimum absolute atomic E-state index is 0.0256. The molecule has 0 spiro atoms. The van der Waals surface area contributed by atoms with Gasteiger partial charge in [0.2, 0.25) is 0 Å². The third kappa shape index (κ3) is 2.74. The number of anilines is 1. The van der Waals surface area contributed by atoms with Crippen molar-refractivity contribution < 1.29 is 9.72 Å². The largest absolute Gasteiger partial charge is 0.321 e. The fourth-order valence-corrected chi connectivity index (χ4v) is 2.44. The van der Waals surface area contributed by atoms with Gasteiger partial charge in [-0.1, -0.05) is 24.3 Å². The second-order valence-corrected chi connectivity index (χ2v) is 5.04. The van der Waals surface area contributed by atoms with E-state index in [0.717, 1.165) is 10.9 Å². The number of aromatic nitrogens is 1. The molecule has 0 aliphatic rings. The molecule has 0 atom stereocenters. The quantitative estimate of drug-likeness (QED) is 0.590. The fourth-order valence-electron chi connectivity index (χ4n) is 2.44. The lowest BCUT2D eigenvalue weighted by Crippen LogP contribution is -2.14. The Morgan fingerprint density at radius 3 is 2.70 bits per heavy atom. The maximum Gasteiger partial charge on any atom is 0.274 e. The molecule has 0 aliphatic heterocycles. The molecule has 6 nitrogen and oxygen atoms in total. The van der Waals surface area contributed by atoms with Gasteiger partial charge in [-0.25, -0.2) is 0 Å². The van der Waals surface area contributed by atoms with Crippen LogP contribution >= 0.6 is 0 Å². The Labute approximate surface area is 131 Å². The second kappa shape index (κ2) is 5.84. The van der Waals surface area contributed by atoms with E-state index in [1.165, 1.54) is 6.07 Å². The summed E-state index contributed by atoms with van der Waals surface area (Å²) in [5, 5.41) is 14.5. The zero-order chi connectivity index (χ0) is 16.4. The summed E-state index contributed by atoms with van der Waals surface area (Å²) in [5.74, 6) is -0.327. The number of nitro groups is 1. The van der Waals surface area contributed by atoms with Crippen molar-refractivity contribution in [3.8, 4) is 0 Å². The summed E-state index contributed by atoms with van der Waals surface area (Å²) in [6.45, 7) is 1.61. The Morgan fingerprint density at radius 2 is 1.91 bits per heavy atom. The SMILES string of the molecule is Cc1c(NC(=O)c2ccnc3ccccc23)cccc1[N+](=O)[O-]. The third-order valence-corrected chi connectivity index (χ3v) is 3.64. The van der Waals surface area contributed by atoms with E-state index in [2.05, 4.69) is 10.3 Å². The molecule has 1 aromatic heterocycles. The minimum atomic E-state index is -0.465. The number of carbonyl (C=O) groups excluding carboxylic acids is 1. The molecule has 0 unspecified atom stereocenters. The van der Waals surface area contributed by atoms with Gasteiger partial charge in [0.15, 0.2) is 0 Å². The molecule has 6 heteroatoms. The average molecular weight is 307 g/mol. The zero-order valence-electron chi connectivity index (χ0n) is 12.3. The summed E-state index contributed by atoms with van der Waals surface area (Å²) in [4.78, 5) is 27.3. The Bertz CT molecular complexity index is 917. The zero-order valence-corrected chi connectivity index (χ0v) is 12.3. The summed E-state index contributed by atoms with van der Waals surface area (Å²) in [6, 6.07) is 13.6. The highest BCUT2D eigenvalue weighted by molar-refractivity contribution is 6.12. The van der Waals surface area contributed by atoms with Gasteiger partial charge in [-0.3, -0.25) is 19.9 Å². The molecule has 1 heterocycles. The molecule has 3 aromatic rings. The number of hydrogen-bond donors (Lipinski definition) is 1. The van der Waals surface area contributed by atoms with Crippen molar-refractivity contribution in [3.63, 3.8) is 0 Å². The summed E-state index contributed by atoms with van der Waals surface area (Å²) >= 11 is 0. The smallest absolute Gasteiger partial charge is 0.274 e. The summed E-state index contributed by atoms with van der Waals surface area (Å²) < 4.78 is 0. The van der Waals surface area contributed by atoms with Gasteiger partial charge >= 0.3 is 0 Å². The third-order valence-electron chi connectivity index (χ3n) is 3.64. The van der Waals surface area contributed by atoms with E-state index < -0.39 is 4.92 Å². The number of amides is 1. The molecule has 3 rings (SSSR count). The first-order chi connectivity index (χ1) is 11.1. The topological polar surface area (TPSA) is 85.1 Å². The van der Waals surface area contributed by atoms with E-state index in [1.807, 2.05) is 24.3 Å². The summed E-state index contributed by atoms with van der Waals surface area (Å²) in [7, 11) is 0. The Morgan fingerprint density at radius 1 is 1.13 bits per heavy atom. The molecule has 0 saturated carbocycles. The van der Waals surface area contributed by atoms with Gasteiger partial charge in [-0.2, -0.15) is 0 Å². The van der Waals surface area contributed by atoms with Crippen LogP contribution in [0.1, 0.15) is 15.9 Å². The van der Waals surface area contributed by atoms with Gasteiger partial charge in [-0.15, -0.1) is 0 Å². The lowest BCUT2D eigenvalue weighted by Gasteiger charge is -2.10. The first-order valence-electron chi connectivity index (χ1n) is 6.97. The van der Waals surface area contributed by atoms with Crippen molar-refractivity contribution in [2.45, 2.75) is 6.92 Å². The van der Waals surface area contributed by atoms with Crippen LogP contribution in [0.5, 0.6) is 0 Å². The molecular formula is C17H13N3O3. The molecule has 1 N–H and O–H groups in total. The molecule has 23 heavy (non-hydrogen) atoms. The van der Waals surface area contributed by atoms with Gasteiger partial charge in [0.25, 0.3) is 11.6 Å². The van der Waals surface area contributed by atoms with Gasteiger partial charge < -0.3 is 5.32 Å². The van der Waals surface area contributed by atoms with Gasteiger partial charge in [0, 0.05) is 17.6 Å². The highest BCUT2D eigenvalue weighted by Crippen LogP contribution is 2.26. The molecule has 2 aromatic carbocycles. The van der Waals surface area contributed by atoms with Gasteiger partial charge in [0.1, 0.15) is 0 Å². The fraction of sp³-hybridized carbons (Fsp3) is 0.0588. The minimum Gasteiger partial charge on any atom is -0.321 e. The number of rotatable bonds is 3. The van der Waals surface area contributed by atoms with Crippen LogP contribution in [0, 0.1) is 17.0 Å². The second-order valence-electron chi connectivity index (χ2n) is 5.04. The lowest BCUT2D eigenvalue weighted by molar-refractivity contribution is -0.385. The van der Waals surface area contributed by atoms with Crippen molar-refractivity contribution in [2.24, 2.45) is 0 Å². The van der Waals surface area contributed by atoms with Crippen molar-refractivity contribution in [1.29, 1.82) is 0 Å². The van der Waals surface area contributed by atoms with Crippen molar-refractivity contribution in [2.75, 3.05) is 5.32 Å². The van der Waals surface area contributed by atoms with Crippen LogP contribution in [0.3, 0.4) is 0 Å². The molecular weight excluding hydrogens is 294 g/mol. The number of nitrogens with zero attached hydrogens (tertiary/aromatic N) is 2. The van der Waals surface area contributed by atoms with Crippen LogP contribution in [0.2, 0.25) is 0 Å². The molecule has 0 radical (unpaired) electrons. The number of nitro benzene ring substituents is 1. The molecule has 0 saturated heterocycles. The highest BCUT2D eigenvalue weighted by atomic mass is 16.6. The summed E-state index contributed by atoms with van der Waals surface area (Å²) in [6.07, 6.45) is 1.57. The number of carbonyl (C=O) groups is 1. The van der Waals surface area contributed by atoms with Crippen LogP contribution < -0.4 is 5.32 Å². The van der Waals surface area contributed by atoms with Crippen LogP contribution in [-0.4, -0.2) is 15.8 Å². The number of pyridine rings is 1. The molecule has 0 aliphatic carbocycles. The number of hydrogen-bond acceptors (Lipinski definition) is 4. The number of nitrogens with one attached hydrogen (secondary N) is 1. The molecule has 1 amide bonds. The Kier molecular flexibility index (Phi) is 3.72. The van der Waals surface area contributed by atoms with Crippen LogP contribution in [-0.2, 0) is 0 Å². The van der Waals surface area contributed by atoms with E-state index >= 15 is 0 Å². The summed E-state index contributed by atoms with van der Waals surface area (Å²) in [5.41, 5.74) is 2.01. The standard InChI is InChI=1S/C17H13N3O3/c1-11-14(7-4-8-16(11)20(22)23)19-17(21)13-9-10-18-15-6-3-2-5-12(13)15/h2-10H,1H3,(H,19,21).